The van der Waals surface area contributed by atoms with E-state index >= 15 is 0 Å². The van der Waals surface area contributed by atoms with Crippen LogP contribution < -0.4 is 0 Å². The molecule has 0 bridgehead atoms. The van der Waals surface area contributed by atoms with E-state index in [1.165, 1.54) is 0 Å². The highest BCUT2D eigenvalue weighted by molar-refractivity contribution is 5.67. The van der Waals surface area contributed by atoms with Gasteiger partial charge < -0.3 is 14.9 Å². The third kappa shape index (κ3) is 2.96. The minimum absolute atomic E-state index is 0.00456. The van der Waals surface area contributed by atoms with E-state index in [0.29, 0.717) is 0 Å². The Bertz CT molecular complexity index is 204. The van der Waals surface area contributed by atoms with Crippen LogP contribution in [0, 0.1) is 5.92 Å². The maximum Gasteiger partial charge on any atom is 0.303 e. The number of hydrogen-bond donors (Lipinski definition) is 2. The van der Waals surface area contributed by atoms with E-state index in [9.17, 15) is 9.90 Å². The first-order valence-electron chi connectivity index (χ1n) is 5.06. The number of carboxylic acid groups (broad SMARTS) is 1. The molecule has 4 heteroatoms. The Morgan fingerprint density at radius 3 is 2.64 bits per heavy atom. The predicted molar refractivity (Wildman–Crippen MR) is 51.0 cm³/mol. The fraction of sp³-hybridized carbons (Fsp3) is 0.900. The van der Waals surface area contributed by atoms with Gasteiger partial charge in [0.2, 0.25) is 0 Å². The molecular formula is C10H18O4. The molecule has 0 aromatic heterocycles. The minimum Gasteiger partial charge on any atom is -0.481 e. The number of aliphatic hydroxyl groups is 1. The summed E-state index contributed by atoms with van der Waals surface area (Å²) in [5.41, 5.74) is 0. The van der Waals surface area contributed by atoms with Gasteiger partial charge in [-0.05, 0) is 25.7 Å². The van der Waals surface area contributed by atoms with Gasteiger partial charge in [-0.2, -0.15) is 0 Å². The van der Waals surface area contributed by atoms with Crippen LogP contribution in [0.25, 0.3) is 0 Å². The van der Waals surface area contributed by atoms with Crippen molar-refractivity contribution in [3.8, 4) is 0 Å². The number of aliphatic carboxylic acids is 1. The van der Waals surface area contributed by atoms with Gasteiger partial charge in [-0.15, -0.1) is 0 Å². The summed E-state index contributed by atoms with van der Waals surface area (Å²) >= 11 is 0. The molecule has 4 atom stereocenters. The summed E-state index contributed by atoms with van der Waals surface area (Å²) in [5, 5.41) is 18.4. The first kappa shape index (κ1) is 11.5. The third-order valence-electron chi connectivity index (χ3n) is 2.73. The van der Waals surface area contributed by atoms with Crippen molar-refractivity contribution in [2.75, 3.05) is 0 Å². The molecule has 1 heterocycles. The first-order chi connectivity index (χ1) is 6.50. The maximum absolute atomic E-state index is 10.4. The third-order valence-corrected chi connectivity index (χ3v) is 2.73. The normalized spacial score (nSPS) is 31.4. The highest BCUT2D eigenvalue weighted by atomic mass is 16.5. The second-order valence-electron chi connectivity index (χ2n) is 4.13. The second kappa shape index (κ2) is 4.75. The Morgan fingerprint density at radius 1 is 1.57 bits per heavy atom. The Hall–Kier alpha value is -0.610. The predicted octanol–water partition coefficient (Wildman–Crippen LogP) is 1.03. The lowest BCUT2D eigenvalue weighted by atomic mass is 9.95. The minimum atomic E-state index is -0.873. The van der Waals surface area contributed by atoms with Crippen LogP contribution in [-0.4, -0.2) is 34.5 Å². The van der Waals surface area contributed by atoms with E-state index in [1.807, 2.05) is 6.92 Å². The Morgan fingerprint density at radius 2 is 2.21 bits per heavy atom. The van der Waals surface area contributed by atoms with Gasteiger partial charge >= 0.3 is 5.97 Å². The first-order valence-corrected chi connectivity index (χ1v) is 5.06. The van der Waals surface area contributed by atoms with E-state index in [2.05, 4.69) is 0 Å². The van der Waals surface area contributed by atoms with Gasteiger partial charge in [0.25, 0.3) is 0 Å². The molecule has 0 aliphatic carbocycles. The van der Waals surface area contributed by atoms with Crippen LogP contribution >= 0.6 is 0 Å². The summed E-state index contributed by atoms with van der Waals surface area (Å²) in [4.78, 5) is 10.4. The van der Waals surface area contributed by atoms with Gasteiger partial charge in [-0.25, -0.2) is 0 Å². The Labute approximate surface area is 83.9 Å². The van der Waals surface area contributed by atoms with Crippen molar-refractivity contribution in [1.82, 2.24) is 0 Å². The highest BCUT2D eigenvalue weighted by Gasteiger charge is 2.32. The van der Waals surface area contributed by atoms with Gasteiger partial charge in [0.05, 0.1) is 24.7 Å². The highest BCUT2D eigenvalue weighted by Crippen LogP contribution is 2.26. The van der Waals surface area contributed by atoms with Crippen molar-refractivity contribution >= 4 is 5.97 Å². The van der Waals surface area contributed by atoms with Crippen molar-refractivity contribution < 1.29 is 19.7 Å². The van der Waals surface area contributed by atoms with E-state index in [1.54, 1.807) is 6.92 Å². The number of hydrogen-bond acceptors (Lipinski definition) is 3. The SMILES string of the molecule is CC1CCC(C(O)C(C)CC(=O)O)O1. The Balaban J connectivity index is 2.39. The average molecular weight is 202 g/mol. The van der Waals surface area contributed by atoms with Crippen molar-refractivity contribution in [2.45, 2.75) is 51.4 Å². The lowest BCUT2D eigenvalue weighted by Crippen LogP contribution is -2.33. The number of carboxylic acids is 1. The van der Waals surface area contributed by atoms with E-state index < -0.39 is 12.1 Å². The van der Waals surface area contributed by atoms with Crippen LogP contribution in [-0.2, 0) is 9.53 Å². The lowest BCUT2D eigenvalue weighted by Gasteiger charge is -2.23. The zero-order valence-electron chi connectivity index (χ0n) is 8.64. The molecule has 0 aromatic carbocycles. The van der Waals surface area contributed by atoms with E-state index in [-0.39, 0.29) is 24.5 Å². The number of ether oxygens (including phenoxy) is 1. The molecule has 0 amide bonds. The fourth-order valence-electron chi connectivity index (χ4n) is 1.85. The standard InChI is InChI=1S/C10H18O4/c1-6(5-9(11)12)10(13)8-4-3-7(2)14-8/h6-8,10,13H,3-5H2,1-2H3,(H,11,12). The summed E-state index contributed by atoms with van der Waals surface area (Å²) in [7, 11) is 0. The molecule has 2 N–H and O–H groups in total. The van der Waals surface area contributed by atoms with Crippen LogP contribution in [0.15, 0.2) is 0 Å². The average Bonchev–Trinajstić information content (AvgIpc) is 2.49. The quantitative estimate of drug-likeness (QED) is 0.714. The molecule has 1 rings (SSSR count). The Kier molecular flexibility index (Phi) is 3.89. The molecular weight excluding hydrogens is 184 g/mol. The number of rotatable bonds is 4. The summed E-state index contributed by atoms with van der Waals surface area (Å²) in [5.74, 6) is -1.12. The molecule has 0 aromatic rings. The second-order valence-corrected chi connectivity index (χ2v) is 4.13. The zero-order chi connectivity index (χ0) is 10.7. The van der Waals surface area contributed by atoms with Crippen LogP contribution in [0.5, 0.6) is 0 Å². The molecule has 14 heavy (non-hydrogen) atoms. The molecule has 0 spiro atoms. The fourth-order valence-corrected chi connectivity index (χ4v) is 1.85. The van der Waals surface area contributed by atoms with Crippen molar-refractivity contribution in [3.05, 3.63) is 0 Å². The molecule has 1 saturated heterocycles. The summed E-state index contributed by atoms with van der Waals surface area (Å²) in [6.45, 7) is 3.71. The summed E-state index contributed by atoms with van der Waals surface area (Å²) in [6.07, 6.45) is 1.12. The molecule has 82 valence electrons. The van der Waals surface area contributed by atoms with Gasteiger partial charge in [0, 0.05) is 0 Å². The van der Waals surface area contributed by atoms with Crippen molar-refractivity contribution in [1.29, 1.82) is 0 Å². The maximum atomic E-state index is 10.4. The largest absolute Gasteiger partial charge is 0.481 e. The van der Waals surface area contributed by atoms with Gasteiger partial charge in [-0.3, -0.25) is 4.79 Å². The smallest absolute Gasteiger partial charge is 0.303 e. The van der Waals surface area contributed by atoms with Crippen molar-refractivity contribution in [2.24, 2.45) is 5.92 Å². The molecule has 0 radical (unpaired) electrons. The lowest BCUT2D eigenvalue weighted by molar-refractivity contribution is -0.140. The van der Waals surface area contributed by atoms with Gasteiger partial charge in [0.1, 0.15) is 0 Å². The number of carbonyl (C=O) groups is 1. The molecule has 1 aliphatic rings. The van der Waals surface area contributed by atoms with E-state index in [0.717, 1.165) is 12.8 Å². The van der Waals surface area contributed by atoms with Gasteiger partial charge in [-0.1, -0.05) is 6.92 Å². The summed E-state index contributed by atoms with van der Waals surface area (Å²) in [6, 6.07) is 0. The van der Waals surface area contributed by atoms with Crippen LogP contribution in [0.2, 0.25) is 0 Å². The van der Waals surface area contributed by atoms with Crippen LogP contribution in [0.4, 0.5) is 0 Å². The van der Waals surface area contributed by atoms with Crippen molar-refractivity contribution in [3.63, 3.8) is 0 Å². The monoisotopic (exact) mass is 202 g/mol. The van der Waals surface area contributed by atoms with E-state index in [4.69, 9.17) is 9.84 Å². The molecule has 1 fully saturated rings. The van der Waals surface area contributed by atoms with Crippen LogP contribution in [0.1, 0.15) is 33.1 Å². The topological polar surface area (TPSA) is 66.8 Å². The molecule has 1 aliphatic heterocycles. The summed E-state index contributed by atoms with van der Waals surface area (Å²) < 4.78 is 5.48. The zero-order valence-corrected chi connectivity index (χ0v) is 8.64. The molecule has 0 saturated carbocycles. The number of aliphatic hydroxyl groups excluding tert-OH is 1. The molecule has 4 nitrogen and oxygen atoms in total. The van der Waals surface area contributed by atoms with Gasteiger partial charge in [0.15, 0.2) is 0 Å². The molecule has 4 unspecified atom stereocenters. The van der Waals surface area contributed by atoms with Crippen LogP contribution in [0.3, 0.4) is 0 Å².